The van der Waals surface area contributed by atoms with Crippen molar-refractivity contribution in [2.45, 2.75) is 6.18 Å². The van der Waals surface area contributed by atoms with Crippen LogP contribution in [-0.2, 0) is 6.18 Å². The number of hydrogen-bond donors (Lipinski definition) is 2. The Morgan fingerprint density at radius 1 is 0.923 bits per heavy atom. The minimum absolute atomic E-state index is 0.289. The standard InChI is InChI=1S/C18H12F3N5/c19-18(20,21)13-4-6-14(7-5-13)24-16-8-9-23-17(26-16)25-15-3-1-2-12(10-15)11-22/h1-10H,(H2,23,24,25,26). The van der Waals surface area contributed by atoms with Gasteiger partial charge in [0.25, 0.3) is 0 Å². The van der Waals surface area contributed by atoms with Crippen LogP contribution in [0.15, 0.2) is 60.8 Å². The third kappa shape index (κ3) is 4.27. The fraction of sp³-hybridized carbons (Fsp3) is 0.0556. The first-order valence-corrected chi connectivity index (χ1v) is 7.48. The van der Waals surface area contributed by atoms with E-state index in [-0.39, 0.29) is 5.95 Å². The van der Waals surface area contributed by atoms with Crippen LogP contribution in [0.25, 0.3) is 0 Å². The van der Waals surface area contributed by atoms with Crippen molar-refractivity contribution >= 4 is 23.1 Å². The van der Waals surface area contributed by atoms with E-state index in [4.69, 9.17) is 5.26 Å². The van der Waals surface area contributed by atoms with Crippen molar-refractivity contribution < 1.29 is 13.2 Å². The van der Waals surface area contributed by atoms with Crippen molar-refractivity contribution in [1.82, 2.24) is 9.97 Å². The molecule has 130 valence electrons. The van der Waals surface area contributed by atoms with Crippen LogP contribution in [0.4, 0.5) is 36.3 Å². The fourth-order valence-corrected chi connectivity index (χ4v) is 2.17. The van der Waals surface area contributed by atoms with E-state index in [1.54, 1.807) is 30.3 Å². The molecule has 3 aromatic rings. The molecule has 0 bridgehead atoms. The number of nitrogens with zero attached hydrogens (tertiary/aromatic N) is 3. The van der Waals surface area contributed by atoms with Gasteiger partial charge in [-0.2, -0.15) is 23.4 Å². The van der Waals surface area contributed by atoms with Gasteiger partial charge < -0.3 is 10.6 Å². The molecular weight excluding hydrogens is 343 g/mol. The van der Waals surface area contributed by atoms with E-state index in [2.05, 4.69) is 20.6 Å². The lowest BCUT2D eigenvalue weighted by Gasteiger charge is -2.10. The molecule has 0 aliphatic carbocycles. The summed E-state index contributed by atoms with van der Waals surface area (Å²) in [7, 11) is 0. The lowest BCUT2D eigenvalue weighted by atomic mass is 10.2. The van der Waals surface area contributed by atoms with Crippen LogP contribution in [0.5, 0.6) is 0 Å². The fourth-order valence-electron chi connectivity index (χ4n) is 2.17. The topological polar surface area (TPSA) is 73.6 Å². The average Bonchev–Trinajstić information content (AvgIpc) is 2.62. The highest BCUT2D eigenvalue weighted by Gasteiger charge is 2.29. The Labute approximate surface area is 147 Å². The maximum Gasteiger partial charge on any atom is 0.416 e. The smallest absolute Gasteiger partial charge is 0.340 e. The van der Waals surface area contributed by atoms with Gasteiger partial charge in [-0.3, -0.25) is 0 Å². The summed E-state index contributed by atoms with van der Waals surface area (Å²) in [6.45, 7) is 0. The summed E-state index contributed by atoms with van der Waals surface area (Å²) in [4.78, 5) is 8.34. The normalized spacial score (nSPS) is 10.8. The molecule has 0 unspecified atom stereocenters. The zero-order valence-electron chi connectivity index (χ0n) is 13.2. The van der Waals surface area contributed by atoms with Crippen molar-refractivity contribution in [1.29, 1.82) is 5.26 Å². The molecule has 26 heavy (non-hydrogen) atoms. The van der Waals surface area contributed by atoms with Crippen LogP contribution in [0.1, 0.15) is 11.1 Å². The largest absolute Gasteiger partial charge is 0.416 e. The molecule has 5 nitrogen and oxygen atoms in total. The van der Waals surface area contributed by atoms with Crippen molar-refractivity contribution in [2.75, 3.05) is 10.6 Å². The SMILES string of the molecule is N#Cc1cccc(Nc2nccc(Nc3ccc(C(F)(F)F)cc3)n2)c1. The Balaban J connectivity index is 1.74. The van der Waals surface area contributed by atoms with Crippen molar-refractivity contribution in [3.05, 3.63) is 71.9 Å². The minimum Gasteiger partial charge on any atom is -0.340 e. The van der Waals surface area contributed by atoms with Gasteiger partial charge in [0.15, 0.2) is 0 Å². The van der Waals surface area contributed by atoms with Crippen molar-refractivity contribution in [3.63, 3.8) is 0 Å². The van der Waals surface area contributed by atoms with E-state index in [0.29, 0.717) is 22.8 Å². The number of nitriles is 1. The molecule has 0 saturated carbocycles. The number of anilines is 4. The van der Waals surface area contributed by atoms with Gasteiger partial charge in [-0.05, 0) is 48.5 Å². The van der Waals surface area contributed by atoms with Gasteiger partial charge in [-0.1, -0.05) is 6.07 Å². The van der Waals surface area contributed by atoms with E-state index in [1.807, 2.05) is 6.07 Å². The second kappa shape index (κ2) is 7.11. The number of nitrogens with one attached hydrogen (secondary N) is 2. The molecule has 0 spiro atoms. The Morgan fingerprint density at radius 2 is 1.69 bits per heavy atom. The second-order valence-corrected chi connectivity index (χ2v) is 5.28. The van der Waals surface area contributed by atoms with E-state index in [1.165, 1.54) is 18.3 Å². The van der Waals surface area contributed by atoms with Crippen LogP contribution >= 0.6 is 0 Å². The summed E-state index contributed by atoms with van der Waals surface area (Å²) >= 11 is 0. The van der Waals surface area contributed by atoms with Gasteiger partial charge in [0.05, 0.1) is 17.2 Å². The van der Waals surface area contributed by atoms with E-state index in [0.717, 1.165) is 12.1 Å². The average molecular weight is 355 g/mol. The summed E-state index contributed by atoms with van der Waals surface area (Å²) in [5.74, 6) is 0.704. The maximum absolute atomic E-state index is 12.6. The maximum atomic E-state index is 12.6. The van der Waals surface area contributed by atoms with Gasteiger partial charge in [0.2, 0.25) is 5.95 Å². The van der Waals surface area contributed by atoms with Crippen LogP contribution < -0.4 is 10.6 Å². The highest BCUT2D eigenvalue weighted by molar-refractivity contribution is 5.60. The van der Waals surface area contributed by atoms with Gasteiger partial charge in [0, 0.05) is 17.6 Å². The first-order valence-electron chi connectivity index (χ1n) is 7.48. The van der Waals surface area contributed by atoms with E-state index >= 15 is 0 Å². The Bertz CT molecular complexity index is 946. The van der Waals surface area contributed by atoms with Gasteiger partial charge in [-0.25, -0.2) is 4.98 Å². The van der Waals surface area contributed by atoms with Crippen LogP contribution in [0, 0.1) is 11.3 Å². The predicted octanol–water partition coefficient (Wildman–Crippen LogP) is 4.85. The number of benzene rings is 2. The van der Waals surface area contributed by atoms with Crippen molar-refractivity contribution in [3.8, 4) is 6.07 Å². The number of aromatic nitrogens is 2. The van der Waals surface area contributed by atoms with Crippen LogP contribution in [0.3, 0.4) is 0 Å². The van der Waals surface area contributed by atoms with Gasteiger partial charge in [0.1, 0.15) is 5.82 Å². The predicted molar refractivity (Wildman–Crippen MR) is 91.2 cm³/mol. The molecule has 0 fully saturated rings. The molecule has 0 saturated heterocycles. The van der Waals surface area contributed by atoms with Crippen LogP contribution in [-0.4, -0.2) is 9.97 Å². The first-order chi connectivity index (χ1) is 12.4. The third-order valence-corrected chi connectivity index (χ3v) is 3.39. The molecule has 8 heteroatoms. The van der Waals surface area contributed by atoms with Gasteiger partial charge in [-0.15, -0.1) is 0 Å². The Morgan fingerprint density at radius 3 is 2.38 bits per heavy atom. The zero-order chi connectivity index (χ0) is 18.6. The molecule has 2 aromatic carbocycles. The molecule has 2 N–H and O–H groups in total. The summed E-state index contributed by atoms with van der Waals surface area (Å²) in [6, 6.07) is 15.1. The molecule has 0 amide bonds. The Kier molecular flexibility index (Phi) is 4.71. The molecule has 1 heterocycles. The zero-order valence-corrected chi connectivity index (χ0v) is 13.2. The van der Waals surface area contributed by atoms with Crippen LogP contribution in [0.2, 0.25) is 0 Å². The lowest BCUT2D eigenvalue weighted by Crippen LogP contribution is -2.05. The molecular formula is C18H12F3N5. The third-order valence-electron chi connectivity index (χ3n) is 3.39. The molecule has 3 rings (SSSR count). The lowest BCUT2D eigenvalue weighted by molar-refractivity contribution is -0.137. The number of rotatable bonds is 4. The van der Waals surface area contributed by atoms with Crippen molar-refractivity contribution in [2.24, 2.45) is 0 Å². The van der Waals surface area contributed by atoms with E-state index < -0.39 is 11.7 Å². The molecule has 1 aromatic heterocycles. The summed E-state index contributed by atoms with van der Waals surface area (Å²) in [6.07, 6.45) is -2.86. The molecule has 0 aliphatic rings. The molecule has 0 atom stereocenters. The van der Waals surface area contributed by atoms with Gasteiger partial charge >= 0.3 is 6.18 Å². The second-order valence-electron chi connectivity index (χ2n) is 5.28. The summed E-state index contributed by atoms with van der Waals surface area (Å²) in [5, 5.41) is 14.8. The number of hydrogen-bond acceptors (Lipinski definition) is 5. The minimum atomic E-state index is -4.37. The number of alkyl halides is 3. The highest BCUT2D eigenvalue weighted by Crippen LogP contribution is 2.30. The van der Waals surface area contributed by atoms with E-state index in [9.17, 15) is 13.2 Å². The molecule has 0 aliphatic heterocycles. The summed E-state index contributed by atoms with van der Waals surface area (Å²) in [5.41, 5.74) is 0.893. The molecule has 0 radical (unpaired) electrons. The summed E-state index contributed by atoms with van der Waals surface area (Å²) < 4.78 is 37.8. The monoisotopic (exact) mass is 355 g/mol. The first kappa shape index (κ1) is 17.2. The number of halogens is 3. The quantitative estimate of drug-likeness (QED) is 0.699. The Hall–Kier alpha value is -3.60. The highest BCUT2D eigenvalue weighted by atomic mass is 19.4.